The van der Waals surface area contributed by atoms with Crippen molar-refractivity contribution in [2.45, 2.75) is 44.1 Å². The standard InChI is InChI=1S/C11H24N2O/c1-13(8-4-5-9-14)11(10-12)6-2-3-7-11/h14H,2-10,12H2,1H3. The molecule has 3 nitrogen and oxygen atoms in total. The molecule has 1 rings (SSSR count). The molecular weight excluding hydrogens is 176 g/mol. The van der Waals surface area contributed by atoms with Crippen LogP contribution in [-0.4, -0.2) is 42.3 Å². The second-order valence-electron chi connectivity index (χ2n) is 4.49. The third kappa shape index (κ3) is 2.69. The van der Waals surface area contributed by atoms with Crippen molar-refractivity contribution >= 4 is 0 Å². The fourth-order valence-corrected chi connectivity index (χ4v) is 2.47. The number of nitrogens with zero attached hydrogens (tertiary/aromatic N) is 1. The fourth-order valence-electron chi connectivity index (χ4n) is 2.47. The molecule has 0 aromatic carbocycles. The molecule has 1 fully saturated rings. The number of rotatable bonds is 6. The summed E-state index contributed by atoms with van der Waals surface area (Å²) in [6.07, 6.45) is 7.13. The first-order chi connectivity index (χ1) is 6.75. The quantitative estimate of drug-likeness (QED) is 0.628. The molecule has 0 unspecified atom stereocenters. The van der Waals surface area contributed by atoms with Gasteiger partial charge in [0, 0.05) is 18.7 Å². The highest BCUT2D eigenvalue weighted by molar-refractivity contribution is 4.94. The maximum Gasteiger partial charge on any atom is 0.0431 e. The summed E-state index contributed by atoms with van der Waals surface area (Å²) in [5, 5.41) is 8.72. The number of hydrogen-bond acceptors (Lipinski definition) is 3. The topological polar surface area (TPSA) is 49.5 Å². The Hall–Kier alpha value is -0.120. The van der Waals surface area contributed by atoms with Crippen molar-refractivity contribution < 1.29 is 5.11 Å². The molecule has 0 saturated heterocycles. The largest absolute Gasteiger partial charge is 0.396 e. The van der Waals surface area contributed by atoms with Crippen LogP contribution >= 0.6 is 0 Å². The van der Waals surface area contributed by atoms with E-state index in [1.165, 1.54) is 25.7 Å². The van der Waals surface area contributed by atoms with Gasteiger partial charge >= 0.3 is 0 Å². The molecule has 14 heavy (non-hydrogen) atoms. The molecule has 0 aromatic heterocycles. The lowest BCUT2D eigenvalue weighted by Crippen LogP contribution is -2.50. The summed E-state index contributed by atoms with van der Waals surface area (Å²) in [5.41, 5.74) is 6.16. The molecule has 3 N–H and O–H groups in total. The zero-order valence-corrected chi connectivity index (χ0v) is 9.34. The average molecular weight is 200 g/mol. The van der Waals surface area contributed by atoms with E-state index in [2.05, 4.69) is 11.9 Å². The maximum atomic E-state index is 8.72. The molecule has 84 valence electrons. The van der Waals surface area contributed by atoms with Crippen LogP contribution in [0.25, 0.3) is 0 Å². The molecule has 1 aliphatic carbocycles. The monoisotopic (exact) mass is 200 g/mol. The number of nitrogens with two attached hydrogens (primary N) is 1. The molecule has 0 heterocycles. The lowest BCUT2D eigenvalue weighted by Gasteiger charge is -2.38. The van der Waals surface area contributed by atoms with Crippen LogP contribution in [-0.2, 0) is 0 Å². The van der Waals surface area contributed by atoms with Crippen molar-refractivity contribution in [3.05, 3.63) is 0 Å². The molecule has 1 aliphatic rings. The Labute approximate surface area is 87.3 Å². The minimum atomic E-state index is 0.273. The van der Waals surface area contributed by atoms with Gasteiger partial charge in [-0.3, -0.25) is 4.90 Å². The van der Waals surface area contributed by atoms with Gasteiger partial charge in [0.2, 0.25) is 0 Å². The van der Waals surface area contributed by atoms with Crippen LogP contribution in [0.5, 0.6) is 0 Å². The zero-order chi connectivity index (χ0) is 10.4. The highest BCUT2D eigenvalue weighted by Gasteiger charge is 2.35. The van der Waals surface area contributed by atoms with Gasteiger partial charge in [0.05, 0.1) is 0 Å². The number of hydrogen-bond donors (Lipinski definition) is 2. The summed E-state index contributed by atoms with van der Waals surface area (Å²) < 4.78 is 0. The Morgan fingerprint density at radius 3 is 2.43 bits per heavy atom. The summed E-state index contributed by atoms with van der Waals surface area (Å²) in [7, 11) is 2.18. The van der Waals surface area contributed by atoms with Crippen LogP contribution in [0.3, 0.4) is 0 Å². The van der Waals surface area contributed by atoms with E-state index in [1.54, 1.807) is 0 Å². The molecule has 0 aromatic rings. The number of likely N-dealkylation sites (N-methyl/N-ethyl adjacent to an activating group) is 1. The Morgan fingerprint density at radius 2 is 1.93 bits per heavy atom. The van der Waals surface area contributed by atoms with E-state index in [0.29, 0.717) is 6.61 Å². The van der Waals surface area contributed by atoms with Crippen LogP contribution in [0.4, 0.5) is 0 Å². The van der Waals surface area contributed by atoms with Gasteiger partial charge in [-0.15, -0.1) is 0 Å². The summed E-state index contributed by atoms with van der Waals surface area (Å²) in [5.74, 6) is 0. The SMILES string of the molecule is CN(CCCCO)C1(CN)CCCC1. The smallest absolute Gasteiger partial charge is 0.0431 e. The van der Waals surface area contributed by atoms with Gasteiger partial charge in [-0.1, -0.05) is 12.8 Å². The van der Waals surface area contributed by atoms with E-state index in [-0.39, 0.29) is 5.54 Å². The predicted molar refractivity (Wildman–Crippen MR) is 59.2 cm³/mol. The minimum Gasteiger partial charge on any atom is -0.396 e. The Morgan fingerprint density at radius 1 is 1.29 bits per heavy atom. The third-order valence-electron chi connectivity index (χ3n) is 3.63. The van der Waals surface area contributed by atoms with E-state index in [4.69, 9.17) is 10.8 Å². The van der Waals surface area contributed by atoms with Crippen molar-refractivity contribution in [3.63, 3.8) is 0 Å². The molecule has 1 saturated carbocycles. The van der Waals surface area contributed by atoms with Crippen LogP contribution in [0.1, 0.15) is 38.5 Å². The normalized spacial score (nSPS) is 20.6. The molecule has 0 spiro atoms. The summed E-state index contributed by atoms with van der Waals surface area (Å²) in [6, 6.07) is 0. The third-order valence-corrected chi connectivity index (χ3v) is 3.63. The van der Waals surface area contributed by atoms with Crippen molar-refractivity contribution in [3.8, 4) is 0 Å². The van der Waals surface area contributed by atoms with Crippen molar-refractivity contribution in [2.75, 3.05) is 26.7 Å². The van der Waals surface area contributed by atoms with Gasteiger partial charge in [-0.05, 0) is 39.3 Å². The van der Waals surface area contributed by atoms with Crippen LogP contribution < -0.4 is 5.73 Å². The highest BCUT2D eigenvalue weighted by atomic mass is 16.2. The van der Waals surface area contributed by atoms with Gasteiger partial charge in [-0.2, -0.15) is 0 Å². The molecule has 0 aliphatic heterocycles. The predicted octanol–water partition coefficient (Wildman–Crippen LogP) is 0.962. The first-order valence-electron chi connectivity index (χ1n) is 5.77. The van der Waals surface area contributed by atoms with Gasteiger partial charge in [0.15, 0.2) is 0 Å². The summed E-state index contributed by atoms with van der Waals surface area (Å²) in [6.45, 7) is 2.16. The lowest BCUT2D eigenvalue weighted by atomic mass is 9.95. The Bertz CT molecular complexity index is 155. The molecule has 0 atom stereocenters. The second-order valence-corrected chi connectivity index (χ2v) is 4.49. The van der Waals surface area contributed by atoms with E-state index >= 15 is 0 Å². The fraction of sp³-hybridized carbons (Fsp3) is 1.00. The van der Waals surface area contributed by atoms with Crippen molar-refractivity contribution in [1.29, 1.82) is 0 Å². The number of aliphatic hydroxyl groups excluding tert-OH is 1. The van der Waals surface area contributed by atoms with Gasteiger partial charge < -0.3 is 10.8 Å². The molecule has 0 amide bonds. The number of aliphatic hydroxyl groups is 1. The van der Waals surface area contributed by atoms with Crippen LogP contribution in [0.15, 0.2) is 0 Å². The summed E-state index contributed by atoms with van der Waals surface area (Å²) >= 11 is 0. The molecule has 3 heteroatoms. The minimum absolute atomic E-state index is 0.273. The van der Waals surface area contributed by atoms with Gasteiger partial charge in [0.25, 0.3) is 0 Å². The highest BCUT2D eigenvalue weighted by Crippen LogP contribution is 2.33. The molecular formula is C11H24N2O. The van der Waals surface area contributed by atoms with E-state index in [9.17, 15) is 0 Å². The van der Waals surface area contributed by atoms with Gasteiger partial charge in [0.1, 0.15) is 0 Å². The molecule has 0 radical (unpaired) electrons. The van der Waals surface area contributed by atoms with Crippen molar-refractivity contribution in [1.82, 2.24) is 4.90 Å². The first-order valence-corrected chi connectivity index (χ1v) is 5.77. The average Bonchev–Trinajstić information content (AvgIpc) is 2.67. The first kappa shape index (κ1) is 12.0. The zero-order valence-electron chi connectivity index (χ0n) is 9.34. The maximum absolute atomic E-state index is 8.72. The van der Waals surface area contributed by atoms with Crippen LogP contribution in [0.2, 0.25) is 0 Å². The second kappa shape index (κ2) is 5.69. The number of unbranched alkanes of at least 4 members (excludes halogenated alkanes) is 1. The van der Waals surface area contributed by atoms with E-state index < -0.39 is 0 Å². The van der Waals surface area contributed by atoms with Crippen LogP contribution in [0, 0.1) is 0 Å². The Kier molecular flexibility index (Phi) is 4.85. The van der Waals surface area contributed by atoms with E-state index in [1.807, 2.05) is 0 Å². The molecule has 0 bridgehead atoms. The summed E-state index contributed by atoms with van der Waals surface area (Å²) in [4.78, 5) is 2.41. The lowest BCUT2D eigenvalue weighted by molar-refractivity contribution is 0.126. The Balaban J connectivity index is 2.35. The van der Waals surface area contributed by atoms with Gasteiger partial charge in [-0.25, -0.2) is 0 Å². The van der Waals surface area contributed by atoms with Crippen molar-refractivity contribution in [2.24, 2.45) is 5.73 Å². The van der Waals surface area contributed by atoms with E-state index in [0.717, 1.165) is 25.9 Å².